The molecular formula is C10H16N4O. The molecule has 1 aromatic heterocycles. The molecule has 2 N–H and O–H groups in total. The molecule has 1 fully saturated rings. The van der Waals surface area contributed by atoms with E-state index < -0.39 is 0 Å². The molecule has 82 valence electrons. The Balaban J connectivity index is 1.94. The zero-order chi connectivity index (χ0) is 10.7. The van der Waals surface area contributed by atoms with Crippen molar-refractivity contribution in [1.82, 2.24) is 15.1 Å². The third-order valence-corrected chi connectivity index (χ3v) is 2.70. The third kappa shape index (κ3) is 2.36. The Morgan fingerprint density at radius 3 is 2.93 bits per heavy atom. The van der Waals surface area contributed by atoms with Crippen molar-refractivity contribution < 1.29 is 4.79 Å². The van der Waals surface area contributed by atoms with E-state index in [4.69, 9.17) is 0 Å². The predicted molar refractivity (Wildman–Crippen MR) is 58.1 cm³/mol. The molecule has 15 heavy (non-hydrogen) atoms. The molecule has 0 atom stereocenters. The average molecular weight is 208 g/mol. The largest absolute Gasteiger partial charge is 0.372 e. The number of aromatic nitrogens is 2. The molecule has 5 heteroatoms. The number of hydrogen-bond donors (Lipinski definition) is 2. The fourth-order valence-corrected chi connectivity index (χ4v) is 1.82. The van der Waals surface area contributed by atoms with Crippen LogP contribution in [0.1, 0.15) is 23.3 Å². The van der Waals surface area contributed by atoms with Crippen LogP contribution in [0.2, 0.25) is 0 Å². The number of likely N-dealkylation sites (tertiary alicyclic amines) is 1. The van der Waals surface area contributed by atoms with E-state index in [1.54, 1.807) is 13.1 Å². The fourth-order valence-electron chi connectivity index (χ4n) is 1.82. The Labute approximate surface area is 88.8 Å². The van der Waals surface area contributed by atoms with Crippen LogP contribution in [0.15, 0.2) is 6.07 Å². The minimum Gasteiger partial charge on any atom is -0.372 e. The third-order valence-electron chi connectivity index (χ3n) is 2.70. The van der Waals surface area contributed by atoms with Crippen LogP contribution in [0.4, 0.5) is 5.82 Å². The first-order chi connectivity index (χ1) is 7.29. The Hall–Kier alpha value is -1.36. The van der Waals surface area contributed by atoms with E-state index in [0.717, 1.165) is 13.1 Å². The van der Waals surface area contributed by atoms with E-state index in [1.807, 2.05) is 0 Å². The number of rotatable bonds is 4. The van der Waals surface area contributed by atoms with Crippen LogP contribution in [0.3, 0.4) is 0 Å². The molecule has 1 aliphatic heterocycles. The van der Waals surface area contributed by atoms with Crippen LogP contribution in [0.5, 0.6) is 0 Å². The Morgan fingerprint density at radius 2 is 2.33 bits per heavy atom. The van der Waals surface area contributed by atoms with Gasteiger partial charge >= 0.3 is 0 Å². The van der Waals surface area contributed by atoms with Gasteiger partial charge in [0.05, 0.1) is 6.54 Å². The van der Waals surface area contributed by atoms with E-state index in [9.17, 15) is 4.79 Å². The van der Waals surface area contributed by atoms with Crippen LogP contribution in [0.25, 0.3) is 0 Å². The summed E-state index contributed by atoms with van der Waals surface area (Å²) in [7, 11) is 1.78. The van der Waals surface area contributed by atoms with Gasteiger partial charge in [0.15, 0.2) is 5.78 Å². The second-order valence-corrected chi connectivity index (χ2v) is 3.82. The smallest absolute Gasteiger partial charge is 0.194 e. The number of Topliss-reactive ketones (excluding diaryl/α,β-unsaturated/α-hetero) is 1. The Bertz CT molecular complexity index is 341. The SMILES string of the molecule is CNc1cc(C(=O)CN2CCCC2)[nH]n1. The van der Waals surface area contributed by atoms with E-state index in [-0.39, 0.29) is 5.78 Å². The lowest BCUT2D eigenvalue weighted by Gasteiger charge is -2.11. The fraction of sp³-hybridized carbons (Fsp3) is 0.600. The molecule has 5 nitrogen and oxygen atoms in total. The highest BCUT2D eigenvalue weighted by molar-refractivity contribution is 5.96. The molecule has 1 aliphatic rings. The average Bonchev–Trinajstić information content (AvgIpc) is 2.86. The first kappa shape index (κ1) is 10.2. The normalized spacial score (nSPS) is 16.9. The van der Waals surface area contributed by atoms with Crippen LogP contribution in [-0.2, 0) is 0 Å². The van der Waals surface area contributed by atoms with Gasteiger partial charge in [0.2, 0.25) is 0 Å². The lowest BCUT2D eigenvalue weighted by atomic mass is 10.2. The maximum atomic E-state index is 11.8. The molecule has 1 saturated heterocycles. The molecule has 0 amide bonds. The van der Waals surface area contributed by atoms with Crippen LogP contribution >= 0.6 is 0 Å². The maximum Gasteiger partial charge on any atom is 0.194 e. The van der Waals surface area contributed by atoms with Crippen molar-refractivity contribution in [3.8, 4) is 0 Å². The molecular weight excluding hydrogens is 192 g/mol. The summed E-state index contributed by atoms with van der Waals surface area (Å²) < 4.78 is 0. The van der Waals surface area contributed by atoms with Gasteiger partial charge in [0.25, 0.3) is 0 Å². The number of nitrogens with zero attached hydrogens (tertiary/aromatic N) is 2. The van der Waals surface area contributed by atoms with Crippen molar-refractivity contribution in [2.45, 2.75) is 12.8 Å². The van der Waals surface area contributed by atoms with Crippen molar-refractivity contribution in [2.75, 3.05) is 32.0 Å². The summed E-state index contributed by atoms with van der Waals surface area (Å²) in [6, 6.07) is 1.75. The number of H-pyrrole nitrogens is 1. The molecule has 2 heterocycles. The number of carbonyl (C=O) groups is 1. The van der Waals surface area contributed by atoms with Gasteiger partial charge < -0.3 is 5.32 Å². The lowest BCUT2D eigenvalue weighted by Crippen LogP contribution is -2.27. The van der Waals surface area contributed by atoms with E-state index >= 15 is 0 Å². The lowest BCUT2D eigenvalue weighted by molar-refractivity contribution is 0.0940. The molecule has 0 unspecified atom stereocenters. The number of aromatic amines is 1. The number of ketones is 1. The summed E-state index contributed by atoms with van der Waals surface area (Å²) in [5, 5.41) is 9.58. The Kier molecular flexibility index (Phi) is 3.01. The highest BCUT2D eigenvalue weighted by Crippen LogP contribution is 2.10. The molecule has 0 bridgehead atoms. The van der Waals surface area contributed by atoms with Gasteiger partial charge in [-0.05, 0) is 25.9 Å². The number of carbonyl (C=O) groups excluding carboxylic acids is 1. The monoisotopic (exact) mass is 208 g/mol. The molecule has 2 rings (SSSR count). The zero-order valence-corrected chi connectivity index (χ0v) is 8.92. The summed E-state index contributed by atoms with van der Waals surface area (Å²) in [6.07, 6.45) is 2.41. The Morgan fingerprint density at radius 1 is 1.60 bits per heavy atom. The van der Waals surface area contributed by atoms with Crippen molar-refractivity contribution in [3.63, 3.8) is 0 Å². The van der Waals surface area contributed by atoms with Gasteiger partial charge in [-0.15, -0.1) is 0 Å². The summed E-state index contributed by atoms with van der Waals surface area (Å²) >= 11 is 0. The van der Waals surface area contributed by atoms with E-state index in [0.29, 0.717) is 18.1 Å². The standard InChI is InChI=1S/C10H16N4O/c1-11-10-6-8(12-13-10)9(15)7-14-4-2-3-5-14/h6H,2-5,7H2,1H3,(H2,11,12,13). The summed E-state index contributed by atoms with van der Waals surface area (Å²) in [6.45, 7) is 2.59. The summed E-state index contributed by atoms with van der Waals surface area (Å²) in [4.78, 5) is 14.0. The van der Waals surface area contributed by atoms with Gasteiger partial charge in [-0.3, -0.25) is 14.8 Å². The van der Waals surface area contributed by atoms with Crippen LogP contribution in [0, 0.1) is 0 Å². The first-order valence-electron chi connectivity index (χ1n) is 5.28. The summed E-state index contributed by atoms with van der Waals surface area (Å²) in [5.41, 5.74) is 0.589. The topological polar surface area (TPSA) is 61.0 Å². The van der Waals surface area contributed by atoms with Gasteiger partial charge in [0.1, 0.15) is 11.5 Å². The molecule has 0 radical (unpaired) electrons. The van der Waals surface area contributed by atoms with Crippen LogP contribution in [-0.4, -0.2) is 47.6 Å². The van der Waals surface area contributed by atoms with Crippen LogP contribution < -0.4 is 5.32 Å². The number of anilines is 1. The number of nitrogens with one attached hydrogen (secondary N) is 2. The second kappa shape index (κ2) is 4.44. The predicted octanol–water partition coefficient (Wildman–Crippen LogP) is 0.730. The number of hydrogen-bond acceptors (Lipinski definition) is 4. The van der Waals surface area contributed by atoms with Gasteiger partial charge in [-0.1, -0.05) is 0 Å². The van der Waals surface area contributed by atoms with Crippen molar-refractivity contribution >= 4 is 11.6 Å². The second-order valence-electron chi connectivity index (χ2n) is 3.82. The molecule has 0 aromatic carbocycles. The zero-order valence-electron chi connectivity index (χ0n) is 8.92. The minimum absolute atomic E-state index is 0.117. The molecule has 0 spiro atoms. The van der Waals surface area contributed by atoms with Gasteiger partial charge in [0, 0.05) is 13.1 Å². The minimum atomic E-state index is 0.117. The first-order valence-corrected chi connectivity index (χ1v) is 5.28. The van der Waals surface area contributed by atoms with Crippen molar-refractivity contribution in [2.24, 2.45) is 0 Å². The van der Waals surface area contributed by atoms with Gasteiger partial charge in [-0.2, -0.15) is 5.10 Å². The van der Waals surface area contributed by atoms with Crippen molar-refractivity contribution in [3.05, 3.63) is 11.8 Å². The van der Waals surface area contributed by atoms with E-state index in [2.05, 4.69) is 20.4 Å². The van der Waals surface area contributed by atoms with E-state index in [1.165, 1.54) is 12.8 Å². The quantitative estimate of drug-likeness (QED) is 0.716. The highest BCUT2D eigenvalue weighted by atomic mass is 16.1. The summed E-state index contributed by atoms with van der Waals surface area (Å²) in [5.74, 6) is 0.825. The maximum absolute atomic E-state index is 11.8. The molecule has 1 aromatic rings. The molecule has 0 aliphatic carbocycles. The molecule has 0 saturated carbocycles. The van der Waals surface area contributed by atoms with Gasteiger partial charge in [-0.25, -0.2) is 0 Å². The highest BCUT2D eigenvalue weighted by Gasteiger charge is 2.17. The van der Waals surface area contributed by atoms with Crippen molar-refractivity contribution in [1.29, 1.82) is 0 Å².